The van der Waals surface area contributed by atoms with E-state index in [1.165, 1.54) is 7.11 Å². The summed E-state index contributed by atoms with van der Waals surface area (Å²) in [5.41, 5.74) is -0.264. The molecule has 254 valence electrons. The van der Waals surface area contributed by atoms with Gasteiger partial charge in [0.25, 0.3) is 0 Å². The molecule has 10 nitrogen and oxygen atoms in total. The molecule has 2 saturated carbocycles. The number of hydrogen-bond donors (Lipinski definition) is 5. The van der Waals surface area contributed by atoms with E-state index in [-0.39, 0.29) is 53.4 Å². The van der Waals surface area contributed by atoms with Crippen LogP contribution < -0.4 is 16.0 Å². The maximum Gasteiger partial charge on any atom is 0.407 e. The van der Waals surface area contributed by atoms with Gasteiger partial charge in [-0.1, -0.05) is 63.1 Å². The van der Waals surface area contributed by atoms with Gasteiger partial charge in [0.05, 0.1) is 31.3 Å². The molecule has 1 aromatic heterocycles. The smallest absolute Gasteiger partial charge is 0.407 e. The van der Waals surface area contributed by atoms with Crippen molar-refractivity contribution in [3.63, 3.8) is 0 Å². The van der Waals surface area contributed by atoms with E-state index in [0.29, 0.717) is 22.9 Å². The molecular weight excluding hydrogens is 625 g/mol. The highest BCUT2D eigenvalue weighted by atomic mass is 35.5. The third kappa shape index (κ3) is 6.11. The van der Waals surface area contributed by atoms with E-state index in [1.807, 2.05) is 31.2 Å². The highest BCUT2D eigenvalue weighted by Crippen LogP contribution is 2.60. The predicted molar refractivity (Wildman–Crippen MR) is 177 cm³/mol. The van der Waals surface area contributed by atoms with E-state index in [0.717, 1.165) is 37.7 Å². The monoisotopic (exact) mass is 669 g/mol. The summed E-state index contributed by atoms with van der Waals surface area (Å²) in [7, 11) is 1.29. The second-order valence-corrected chi connectivity index (χ2v) is 14.5. The van der Waals surface area contributed by atoms with Crippen LogP contribution in [0.3, 0.4) is 0 Å². The number of fused-ring (bicyclic) bond motifs is 1. The van der Waals surface area contributed by atoms with E-state index >= 15 is 4.39 Å². The summed E-state index contributed by atoms with van der Waals surface area (Å²) in [6.45, 7) is 6.92. The summed E-state index contributed by atoms with van der Waals surface area (Å²) in [6, 6.07) is 9.58. The van der Waals surface area contributed by atoms with Gasteiger partial charge in [0.2, 0.25) is 5.91 Å². The van der Waals surface area contributed by atoms with E-state index in [9.17, 15) is 14.7 Å². The van der Waals surface area contributed by atoms with Crippen LogP contribution in [0.4, 0.5) is 9.18 Å². The standard InChI is InChI=1S/C35H45ClFN5O5/c1-5-38-30(43)28(34(3)13-8-14-34)42-31(44)35(17-18-47-19-35)21-11-12-23-26(25(21)37)40-29(39-23)27(41-32(45)46-4)24(33(2)15-16-33)20-9-6-7-10-22(20)36/h6-7,9-12,24,27-28,30,38,43H,5,8,13-19H2,1-4H3,(H,39,40)(H,41,45)(H,42,44)/t24-,27-,28-,30?,35?/m0/s1. The number of nitrogens with zero attached hydrogens (tertiary/aromatic N) is 1. The molecule has 3 aliphatic rings. The Morgan fingerprint density at radius 3 is 2.45 bits per heavy atom. The lowest BCUT2D eigenvalue weighted by Gasteiger charge is -2.48. The molecule has 0 bridgehead atoms. The summed E-state index contributed by atoms with van der Waals surface area (Å²) in [5.74, 6) is -0.947. The lowest BCUT2D eigenvalue weighted by Crippen LogP contribution is -2.62. The van der Waals surface area contributed by atoms with Crippen molar-refractivity contribution < 1.29 is 28.6 Å². The molecule has 2 heterocycles. The summed E-state index contributed by atoms with van der Waals surface area (Å²) in [4.78, 5) is 34.9. The van der Waals surface area contributed by atoms with Gasteiger partial charge in [0.15, 0.2) is 5.82 Å². The average Bonchev–Trinajstić information content (AvgIpc) is 3.40. The third-order valence-electron chi connectivity index (χ3n) is 11.0. The Morgan fingerprint density at radius 1 is 1.11 bits per heavy atom. The molecule has 6 rings (SSSR count). The third-order valence-corrected chi connectivity index (χ3v) is 11.3. The lowest BCUT2D eigenvalue weighted by molar-refractivity contribution is -0.131. The average molecular weight is 670 g/mol. The van der Waals surface area contributed by atoms with Crippen LogP contribution in [0.15, 0.2) is 36.4 Å². The van der Waals surface area contributed by atoms with Crippen LogP contribution in [-0.4, -0.2) is 66.2 Å². The number of hydrogen-bond acceptors (Lipinski definition) is 7. The van der Waals surface area contributed by atoms with Crippen molar-refractivity contribution in [2.24, 2.45) is 10.8 Å². The molecule has 2 aromatic carbocycles. The molecule has 5 atom stereocenters. The molecular formula is C35H45ClFN5O5. The summed E-state index contributed by atoms with van der Waals surface area (Å²) < 4.78 is 27.5. The summed E-state index contributed by atoms with van der Waals surface area (Å²) in [6.07, 6.45) is 3.27. The number of amides is 2. The van der Waals surface area contributed by atoms with Gasteiger partial charge in [0.1, 0.15) is 23.0 Å². The van der Waals surface area contributed by atoms with Gasteiger partial charge in [0, 0.05) is 23.1 Å². The van der Waals surface area contributed by atoms with Crippen molar-refractivity contribution in [3.8, 4) is 0 Å². The van der Waals surface area contributed by atoms with E-state index in [1.54, 1.807) is 12.1 Å². The van der Waals surface area contributed by atoms with Crippen molar-refractivity contribution >= 4 is 34.6 Å². The first-order chi connectivity index (χ1) is 22.5. The molecule has 5 N–H and O–H groups in total. The topological polar surface area (TPSA) is 138 Å². The SMILES string of the molecule is CCNC(O)[C@H](NC(=O)C1(c2ccc3[nH]c([C@@H](NC(=O)OC)[C@H](c4ccccc4Cl)C4(C)CC4)nc3c2F)CCOC1)C1(C)CCC1. The number of aromatic amines is 1. The van der Waals surface area contributed by atoms with Crippen LogP contribution in [-0.2, 0) is 19.7 Å². The van der Waals surface area contributed by atoms with Crippen LogP contribution in [0.5, 0.6) is 0 Å². The highest BCUT2D eigenvalue weighted by molar-refractivity contribution is 6.31. The van der Waals surface area contributed by atoms with Crippen molar-refractivity contribution in [1.82, 2.24) is 25.9 Å². The van der Waals surface area contributed by atoms with Gasteiger partial charge in [-0.25, -0.2) is 14.2 Å². The van der Waals surface area contributed by atoms with E-state index in [4.69, 9.17) is 26.1 Å². The number of benzene rings is 2. The molecule has 1 saturated heterocycles. The Hall–Kier alpha value is -3.25. The number of halogens is 2. The molecule has 12 heteroatoms. The molecule has 3 fully saturated rings. The normalized spacial score (nSPS) is 23.7. The number of rotatable bonds is 12. The zero-order chi connectivity index (χ0) is 33.6. The maximum atomic E-state index is 16.8. The number of methoxy groups -OCH3 is 1. The first-order valence-electron chi connectivity index (χ1n) is 16.5. The van der Waals surface area contributed by atoms with Crippen LogP contribution in [0, 0.1) is 16.6 Å². The second-order valence-electron chi connectivity index (χ2n) is 14.1. The fraction of sp³-hybridized carbons (Fsp3) is 0.571. The lowest BCUT2D eigenvalue weighted by atomic mass is 9.64. The quantitative estimate of drug-likeness (QED) is 0.158. The van der Waals surface area contributed by atoms with E-state index in [2.05, 4.69) is 34.8 Å². The highest BCUT2D eigenvalue weighted by Gasteiger charge is 2.52. The van der Waals surface area contributed by atoms with Crippen LogP contribution in [0.2, 0.25) is 5.02 Å². The minimum Gasteiger partial charge on any atom is -0.453 e. The van der Waals surface area contributed by atoms with Gasteiger partial charge >= 0.3 is 6.09 Å². The number of aromatic nitrogens is 2. The van der Waals surface area contributed by atoms with Crippen molar-refractivity contribution in [2.75, 3.05) is 26.9 Å². The number of aliphatic hydroxyl groups excluding tert-OH is 1. The van der Waals surface area contributed by atoms with Crippen LogP contribution in [0.25, 0.3) is 11.0 Å². The maximum absolute atomic E-state index is 16.8. The number of imidazole rings is 1. The van der Waals surface area contributed by atoms with Crippen molar-refractivity contribution in [2.45, 2.75) is 88.9 Å². The minimum absolute atomic E-state index is 0.00126. The first kappa shape index (κ1) is 33.6. The molecule has 2 aliphatic carbocycles. The molecule has 2 unspecified atom stereocenters. The number of likely N-dealkylation sites (N-methyl/N-ethyl adjacent to an activating group) is 1. The number of carbonyl (C=O) groups excluding carboxylic acids is 2. The number of ether oxygens (including phenoxy) is 2. The zero-order valence-corrected chi connectivity index (χ0v) is 28.2. The number of alkyl carbamates (subject to hydrolysis) is 1. The molecule has 0 radical (unpaired) electrons. The largest absolute Gasteiger partial charge is 0.453 e. The fourth-order valence-corrected chi connectivity index (χ4v) is 7.88. The zero-order valence-electron chi connectivity index (χ0n) is 27.4. The Kier molecular flexibility index (Phi) is 9.30. The van der Waals surface area contributed by atoms with Gasteiger partial charge in [-0.05, 0) is 67.2 Å². The number of carbonyl (C=O) groups is 2. The Labute approximate surface area is 279 Å². The Morgan fingerprint density at radius 2 is 1.85 bits per heavy atom. The number of H-pyrrole nitrogens is 1. The predicted octanol–water partition coefficient (Wildman–Crippen LogP) is 5.60. The van der Waals surface area contributed by atoms with Gasteiger partial charge < -0.3 is 30.2 Å². The summed E-state index contributed by atoms with van der Waals surface area (Å²) >= 11 is 6.71. The molecule has 47 heavy (non-hydrogen) atoms. The molecule has 1 aliphatic heterocycles. The van der Waals surface area contributed by atoms with Crippen molar-refractivity contribution in [3.05, 3.63) is 64.2 Å². The minimum atomic E-state index is -1.31. The fourth-order valence-electron chi connectivity index (χ4n) is 7.63. The van der Waals surface area contributed by atoms with Crippen LogP contribution in [0.1, 0.15) is 88.2 Å². The number of aliphatic hydroxyl groups is 1. The molecule has 3 aromatic rings. The number of nitrogens with one attached hydrogen (secondary N) is 4. The summed E-state index contributed by atoms with van der Waals surface area (Å²) in [5, 5.41) is 20.7. The van der Waals surface area contributed by atoms with Crippen molar-refractivity contribution in [1.29, 1.82) is 0 Å². The van der Waals surface area contributed by atoms with Gasteiger partial charge in [-0.15, -0.1) is 0 Å². The Balaban J connectivity index is 1.40. The van der Waals surface area contributed by atoms with E-state index < -0.39 is 35.6 Å². The first-order valence-corrected chi connectivity index (χ1v) is 16.9. The van der Waals surface area contributed by atoms with Gasteiger partial charge in [-0.2, -0.15) is 0 Å². The second kappa shape index (κ2) is 13.0. The van der Waals surface area contributed by atoms with Crippen LogP contribution >= 0.6 is 11.6 Å². The van der Waals surface area contributed by atoms with Gasteiger partial charge in [-0.3, -0.25) is 10.1 Å². The Bertz CT molecular complexity index is 1630. The molecule has 0 spiro atoms. The molecule has 2 amide bonds.